The Morgan fingerprint density at radius 2 is 0.713 bits per heavy atom. The minimum atomic E-state index is -1.51. The van der Waals surface area contributed by atoms with Gasteiger partial charge in [0.05, 0.1) is 34.4 Å². The summed E-state index contributed by atoms with van der Waals surface area (Å²) < 4.78 is 22.9. The van der Waals surface area contributed by atoms with E-state index in [0.717, 1.165) is 109 Å². The van der Waals surface area contributed by atoms with Crippen molar-refractivity contribution in [1.82, 2.24) is 0 Å². The van der Waals surface area contributed by atoms with E-state index < -0.39 is 24.3 Å². The van der Waals surface area contributed by atoms with Gasteiger partial charge in [-0.1, -0.05) is 272 Å². The number of aliphatic carboxylic acids is 1. The third-order valence-corrected chi connectivity index (χ3v) is 14.1. The van der Waals surface area contributed by atoms with Gasteiger partial charge >= 0.3 is 17.9 Å². The van der Waals surface area contributed by atoms with Gasteiger partial charge in [-0.05, 0) is 89.9 Å². The lowest BCUT2D eigenvalue weighted by atomic mass is 10.0. The lowest BCUT2D eigenvalue weighted by Gasteiger charge is -2.25. The minimum Gasteiger partial charge on any atom is -0.477 e. The molecule has 0 saturated carbocycles. The molecule has 0 saturated heterocycles. The van der Waals surface area contributed by atoms with Gasteiger partial charge in [0, 0.05) is 12.8 Å². The van der Waals surface area contributed by atoms with Gasteiger partial charge in [0.2, 0.25) is 0 Å². The molecule has 0 fully saturated rings. The van der Waals surface area contributed by atoms with E-state index in [2.05, 4.69) is 111 Å². The Balaban J connectivity index is 3.97. The van der Waals surface area contributed by atoms with Crippen LogP contribution in [0.15, 0.2) is 97.2 Å². The van der Waals surface area contributed by atoms with Crippen LogP contribution in [0.1, 0.15) is 277 Å². The molecule has 0 bridgehead atoms. The van der Waals surface area contributed by atoms with Crippen molar-refractivity contribution >= 4 is 17.9 Å². The normalized spacial score (nSPS) is 13.4. The summed E-state index contributed by atoms with van der Waals surface area (Å²) in [5.41, 5.74) is 0. The Hall–Kier alpha value is -3.79. The molecule has 0 radical (unpaired) electrons. The number of carboxylic acid groups (broad SMARTS) is 1. The van der Waals surface area contributed by atoms with E-state index >= 15 is 0 Å². The van der Waals surface area contributed by atoms with Crippen LogP contribution in [0.2, 0.25) is 0 Å². The number of hydrogen-bond donors (Lipinski definition) is 1. The quantitative estimate of drug-likeness (QED) is 0.0211. The molecule has 0 rings (SSSR count). The first-order valence-corrected chi connectivity index (χ1v) is 32.9. The molecule has 0 aliphatic heterocycles. The third-order valence-electron chi connectivity index (χ3n) is 14.1. The molecule has 0 aromatic rings. The van der Waals surface area contributed by atoms with Gasteiger partial charge in [-0.2, -0.15) is 0 Å². The Bertz CT molecular complexity index is 1630. The van der Waals surface area contributed by atoms with Crippen LogP contribution in [0, 0.1) is 0 Å². The molecule has 460 valence electrons. The van der Waals surface area contributed by atoms with E-state index in [4.69, 9.17) is 18.9 Å². The highest BCUT2D eigenvalue weighted by Gasteiger charge is 2.25. The van der Waals surface area contributed by atoms with Crippen molar-refractivity contribution in [2.45, 2.75) is 289 Å². The van der Waals surface area contributed by atoms with Crippen molar-refractivity contribution in [1.29, 1.82) is 0 Å². The molecule has 1 N–H and O–H groups in total. The molecule has 0 amide bonds. The smallest absolute Gasteiger partial charge is 0.361 e. The number of allylic oxidation sites excluding steroid dienone is 16. The van der Waals surface area contributed by atoms with E-state index in [1.165, 1.54) is 141 Å². The molecular weight excluding hydrogens is 995 g/mol. The maximum Gasteiger partial charge on any atom is 0.361 e. The van der Waals surface area contributed by atoms with Gasteiger partial charge in [0.25, 0.3) is 6.29 Å². The van der Waals surface area contributed by atoms with E-state index in [0.29, 0.717) is 11.0 Å². The Kier molecular flexibility index (Phi) is 58.4. The average Bonchev–Trinajstić information content (AvgIpc) is 3.43. The number of hydrogen-bond acceptors (Lipinski definition) is 7. The number of unbranched alkanes of at least 4 members (excludes halogenated alkanes) is 29. The van der Waals surface area contributed by atoms with E-state index in [-0.39, 0.29) is 38.6 Å². The van der Waals surface area contributed by atoms with Crippen LogP contribution in [-0.4, -0.2) is 87.4 Å². The van der Waals surface area contributed by atoms with Crippen LogP contribution in [0.4, 0.5) is 0 Å². The number of likely N-dealkylation sites (N-methyl/N-ethyl adjacent to an activating group) is 1. The number of carbonyl (C=O) groups is 3. The van der Waals surface area contributed by atoms with Crippen LogP contribution in [0.3, 0.4) is 0 Å². The number of nitrogens with zero attached hydrogens (tertiary/aromatic N) is 1. The topological polar surface area (TPSA) is 108 Å². The number of quaternary nitrogens is 1. The fourth-order valence-electron chi connectivity index (χ4n) is 9.04. The largest absolute Gasteiger partial charge is 0.477 e. The SMILES string of the molecule is CC/C=C\C/C=C\C/C=C\C/C=C\C/C=C\C/C=C\CCCCCCCCCCCCCCCCCCCCCCCCC(=O)OC(COC(=O)CCCCCCC/C=C\C/C=C\CCCC)COC(OCC[N+](C)(C)C)C(=O)O. The molecule has 2 atom stereocenters. The lowest BCUT2D eigenvalue weighted by molar-refractivity contribution is -0.870. The van der Waals surface area contributed by atoms with Gasteiger partial charge < -0.3 is 28.5 Å². The number of carbonyl (C=O) groups excluding carboxylic acids is 2. The summed E-state index contributed by atoms with van der Waals surface area (Å²) in [6.45, 7) is 4.72. The monoisotopic (exact) mass is 1120 g/mol. The zero-order valence-electron chi connectivity index (χ0n) is 52.5. The van der Waals surface area contributed by atoms with Crippen molar-refractivity contribution in [3.8, 4) is 0 Å². The molecule has 0 aromatic carbocycles. The summed E-state index contributed by atoms with van der Waals surface area (Å²) in [7, 11) is 5.97. The predicted molar refractivity (Wildman–Crippen MR) is 341 cm³/mol. The lowest BCUT2D eigenvalue weighted by Crippen LogP contribution is -2.40. The van der Waals surface area contributed by atoms with Crippen LogP contribution in [0.25, 0.3) is 0 Å². The van der Waals surface area contributed by atoms with Crippen molar-refractivity contribution in [2.24, 2.45) is 0 Å². The molecule has 9 heteroatoms. The number of carboxylic acids is 1. The molecule has 0 aromatic heterocycles. The third kappa shape index (κ3) is 61.8. The zero-order chi connectivity index (χ0) is 58.3. The molecule has 0 spiro atoms. The summed E-state index contributed by atoms with van der Waals surface area (Å²) in [6.07, 6.45) is 81.0. The highest BCUT2D eigenvalue weighted by molar-refractivity contribution is 5.71. The second-order valence-corrected chi connectivity index (χ2v) is 23.0. The molecule has 2 unspecified atom stereocenters. The van der Waals surface area contributed by atoms with Gasteiger partial charge in [0.1, 0.15) is 13.2 Å². The Morgan fingerprint density at radius 1 is 0.388 bits per heavy atom. The van der Waals surface area contributed by atoms with E-state index in [1.807, 2.05) is 21.1 Å². The van der Waals surface area contributed by atoms with Crippen LogP contribution < -0.4 is 0 Å². The number of esters is 2. The summed E-state index contributed by atoms with van der Waals surface area (Å²) in [4.78, 5) is 37.4. The van der Waals surface area contributed by atoms with E-state index in [9.17, 15) is 19.5 Å². The Morgan fingerprint density at radius 3 is 1.06 bits per heavy atom. The highest BCUT2D eigenvalue weighted by atomic mass is 16.7. The first-order chi connectivity index (χ1) is 39.1. The van der Waals surface area contributed by atoms with Crippen molar-refractivity contribution < 1.29 is 42.9 Å². The maximum absolute atomic E-state index is 12.9. The van der Waals surface area contributed by atoms with Crippen molar-refractivity contribution in [3.05, 3.63) is 97.2 Å². The average molecular weight is 1120 g/mol. The molecular formula is C71H124NO8+. The first kappa shape index (κ1) is 76.2. The van der Waals surface area contributed by atoms with Gasteiger partial charge in [-0.25, -0.2) is 4.79 Å². The Labute approximate surface area is 492 Å². The van der Waals surface area contributed by atoms with Crippen molar-refractivity contribution in [2.75, 3.05) is 47.5 Å². The van der Waals surface area contributed by atoms with Gasteiger partial charge in [-0.15, -0.1) is 0 Å². The van der Waals surface area contributed by atoms with Crippen LogP contribution in [-0.2, 0) is 33.3 Å². The zero-order valence-corrected chi connectivity index (χ0v) is 52.5. The second-order valence-electron chi connectivity index (χ2n) is 23.0. The second kappa shape index (κ2) is 61.3. The molecule has 0 heterocycles. The molecule has 9 nitrogen and oxygen atoms in total. The van der Waals surface area contributed by atoms with Gasteiger partial charge in [0.15, 0.2) is 6.10 Å². The molecule has 0 aliphatic rings. The first-order valence-electron chi connectivity index (χ1n) is 32.9. The number of rotatable bonds is 60. The highest BCUT2D eigenvalue weighted by Crippen LogP contribution is 2.17. The fraction of sp³-hybridized carbons (Fsp3) is 0.732. The summed E-state index contributed by atoms with van der Waals surface area (Å²) in [5.74, 6) is -2.02. The van der Waals surface area contributed by atoms with Crippen LogP contribution >= 0.6 is 0 Å². The number of ether oxygens (including phenoxy) is 4. The van der Waals surface area contributed by atoms with Crippen LogP contribution in [0.5, 0.6) is 0 Å². The summed E-state index contributed by atoms with van der Waals surface area (Å²) >= 11 is 0. The maximum atomic E-state index is 12.9. The predicted octanol–water partition coefficient (Wildman–Crippen LogP) is 20.1. The van der Waals surface area contributed by atoms with Crippen molar-refractivity contribution in [3.63, 3.8) is 0 Å². The van der Waals surface area contributed by atoms with Gasteiger partial charge in [-0.3, -0.25) is 9.59 Å². The van der Waals surface area contributed by atoms with E-state index in [1.54, 1.807) is 0 Å². The standard InChI is InChI=1S/C71H123NO8/c1-6-8-10-12-14-16-18-20-22-23-24-25-26-27-28-29-30-31-32-33-34-35-36-37-38-39-40-41-42-43-44-45-46-47-48-50-52-54-56-58-60-62-69(74)80-67(66-79-71(70(75)76)77-64-63-72(3,4)5)65-78-68(73)61-59-57-55-53-51-49-21-19-17-15-13-11-9-7-2/h8,10,13-16,19-22,24-25,27-28,30-31,67,71H,6-7,9,11-12,17-18,23,26,29,32-66H2,1-5H3/p+1/b10-8-,15-13-,16-14-,21-19-,22-20-,25-24-,28-27-,31-30-. The molecule has 0 aliphatic carbocycles. The minimum absolute atomic E-state index is 0.184. The molecule has 80 heavy (non-hydrogen) atoms. The summed E-state index contributed by atoms with van der Waals surface area (Å²) in [6, 6.07) is 0. The fourth-order valence-corrected chi connectivity index (χ4v) is 9.04. The summed E-state index contributed by atoms with van der Waals surface area (Å²) in [5, 5.41) is 9.71.